The van der Waals surface area contributed by atoms with Crippen LogP contribution in [0.1, 0.15) is 15.9 Å². The zero-order valence-corrected chi connectivity index (χ0v) is 19.4. The molecule has 2 N–H and O–H groups in total. The molecular formula is C24H22BrFN4O3. The molecule has 0 fully saturated rings. The van der Waals surface area contributed by atoms with Gasteiger partial charge in [0.25, 0.3) is 5.91 Å². The molecule has 0 saturated carbocycles. The zero-order valence-electron chi connectivity index (χ0n) is 17.8. The van der Waals surface area contributed by atoms with Gasteiger partial charge in [-0.3, -0.25) is 4.79 Å². The van der Waals surface area contributed by atoms with Gasteiger partial charge in [-0.05, 0) is 54.1 Å². The fourth-order valence-electron chi connectivity index (χ4n) is 3.13. The van der Waals surface area contributed by atoms with E-state index < -0.39 is 0 Å². The lowest BCUT2D eigenvalue weighted by molar-refractivity contribution is -0.0987. The molecular weight excluding hydrogens is 491 g/mol. The predicted molar refractivity (Wildman–Crippen MR) is 130 cm³/mol. The van der Waals surface area contributed by atoms with E-state index in [0.29, 0.717) is 12.1 Å². The SMILES string of the molecule is C=O.C=O.CNc1ccc(CNC(=O)c2cc(Br)cc3c2cnn3-c2ccc(F)cc2)cc1. The number of benzene rings is 3. The molecule has 170 valence electrons. The minimum atomic E-state index is -0.311. The third-order valence-electron chi connectivity index (χ3n) is 4.66. The summed E-state index contributed by atoms with van der Waals surface area (Å²) < 4.78 is 15.7. The van der Waals surface area contributed by atoms with Gasteiger partial charge in [-0.2, -0.15) is 5.10 Å². The number of amides is 1. The first-order valence-electron chi connectivity index (χ1n) is 9.61. The van der Waals surface area contributed by atoms with Gasteiger partial charge in [0.1, 0.15) is 19.4 Å². The van der Waals surface area contributed by atoms with Gasteiger partial charge < -0.3 is 20.2 Å². The largest absolute Gasteiger partial charge is 0.388 e. The molecule has 33 heavy (non-hydrogen) atoms. The molecule has 4 aromatic rings. The van der Waals surface area contributed by atoms with E-state index in [9.17, 15) is 9.18 Å². The first-order chi connectivity index (χ1) is 16.0. The summed E-state index contributed by atoms with van der Waals surface area (Å²) in [5, 5.41) is 11.2. The maximum absolute atomic E-state index is 13.2. The van der Waals surface area contributed by atoms with Gasteiger partial charge in [0, 0.05) is 29.1 Å². The Balaban J connectivity index is 0.000000914. The van der Waals surface area contributed by atoms with Crippen molar-refractivity contribution < 1.29 is 18.8 Å². The molecule has 9 heteroatoms. The number of aromatic nitrogens is 2. The number of hydrogen-bond donors (Lipinski definition) is 2. The Hall–Kier alpha value is -3.85. The number of carbonyl (C=O) groups excluding carboxylic acids is 3. The number of nitrogens with one attached hydrogen (secondary N) is 2. The van der Waals surface area contributed by atoms with Crippen LogP contribution in [0, 0.1) is 5.82 Å². The number of anilines is 1. The Morgan fingerprint density at radius 3 is 2.27 bits per heavy atom. The minimum absolute atomic E-state index is 0.187. The van der Waals surface area contributed by atoms with Crippen LogP contribution in [-0.2, 0) is 16.1 Å². The highest BCUT2D eigenvalue weighted by Crippen LogP contribution is 2.26. The van der Waals surface area contributed by atoms with Crippen LogP contribution in [-0.4, -0.2) is 36.3 Å². The second kappa shape index (κ2) is 12.3. The Morgan fingerprint density at radius 2 is 1.67 bits per heavy atom. The van der Waals surface area contributed by atoms with Gasteiger partial charge in [0.15, 0.2) is 0 Å². The second-order valence-electron chi connectivity index (χ2n) is 6.55. The molecule has 0 saturated heterocycles. The molecule has 0 bridgehead atoms. The molecule has 0 spiro atoms. The van der Waals surface area contributed by atoms with E-state index in [1.165, 1.54) is 12.1 Å². The van der Waals surface area contributed by atoms with E-state index in [-0.39, 0.29) is 11.7 Å². The van der Waals surface area contributed by atoms with Crippen LogP contribution in [0.3, 0.4) is 0 Å². The van der Waals surface area contributed by atoms with Crippen molar-refractivity contribution in [2.75, 3.05) is 12.4 Å². The van der Waals surface area contributed by atoms with Crippen molar-refractivity contribution in [3.05, 3.63) is 88.3 Å². The molecule has 7 nitrogen and oxygen atoms in total. The molecule has 0 atom stereocenters. The average Bonchev–Trinajstić information content (AvgIpc) is 3.29. The van der Waals surface area contributed by atoms with E-state index in [1.807, 2.05) is 51.0 Å². The molecule has 0 radical (unpaired) electrons. The van der Waals surface area contributed by atoms with Crippen molar-refractivity contribution in [3.8, 4) is 5.69 Å². The Morgan fingerprint density at radius 1 is 1.03 bits per heavy atom. The minimum Gasteiger partial charge on any atom is -0.388 e. The van der Waals surface area contributed by atoms with Crippen molar-refractivity contribution in [1.82, 2.24) is 15.1 Å². The van der Waals surface area contributed by atoms with E-state index in [2.05, 4.69) is 31.7 Å². The van der Waals surface area contributed by atoms with Crippen LogP contribution >= 0.6 is 15.9 Å². The Labute approximate surface area is 198 Å². The molecule has 3 aromatic carbocycles. The number of carbonyl (C=O) groups is 3. The van der Waals surface area contributed by atoms with Crippen molar-refractivity contribution >= 4 is 52.0 Å². The first-order valence-corrected chi connectivity index (χ1v) is 10.4. The summed E-state index contributed by atoms with van der Waals surface area (Å²) in [4.78, 5) is 28.9. The quantitative estimate of drug-likeness (QED) is 0.409. The van der Waals surface area contributed by atoms with Crippen LogP contribution in [0.5, 0.6) is 0 Å². The number of fused-ring (bicyclic) bond motifs is 1. The van der Waals surface area contributed by atoms with Gasteiger partial charge >= 0.3 is 0 Å². The lowest BCUT2D eigenvalue weighted by Crippen LogP contribution is -2.23. The number of nitrogens with zero attached hydrogens (tertiary/aromatic N) is 2. The molecule has 1 aromatic heterocycles. The molecule has 4 rings (SSSR count). The van der Waals surface area contributed by atoms with Gasteiger partial charge in [0.05, 0.1) is 23.0 Å². The maximum atomic E-state index is 13.2. The molecule has 0 aliphatic carbocycles. The Kier molecular flexibility index (Phi) is 9.44. The summed E-state index contributed by atoms with van der Waals surface area (Å²) in [6.07, 6.45) is 1.65. The summed E-state index contributed by atoms with van der Waals surface area (Å²) >= 11 is 3.48. The van der Waals surface area contributed by atoms with Crippen LogP contribution in [0.4, 0.5) is 10.1 Å². The lowest BCUT2D eigenvalue weighted by atomic mass is 10.1. The van der Waals surface area contributed by atoms with Crippen LogP contribution in [0.15, 0.2) is 71.3 Å². The van der Waals surface area contributed by atoms with Gasteiger partial charge in [0.2, 0.25) is 0 Å². The van der Waals surface area contributed by atoms with Gasteiger partial charge in [-0.25, -0.2) is 9.07 Å². The van der Waals surface area contributed by atoms with Crippen molar-refractivity contribution in [2.45, 2.75) is 6.54 Å². The second-order valence-corrected chi connectivity index (χ2v) is 7.46. The monoisotopic (exact) mass is 512 g/mol. The number of rotatable bonds is 5. The third-order valence-corrected chi connectivity index (χ3v) is 5.12. The summed E-state index contributed by atoms with van der Waals surface area (Å²) in [6, 6.07) is 17.6. The topological polar surface area (TPSA) is 93.1 Å². The highest BCUT2D eigenvalue weighted by Gasteiger charge is 2.15. The van der Waals surface area contributed by atoms with E-state index >= 15 is 0 Å². The summed E-state index contributed by atoms with van der Waals surface area (Å²) in [5.41, 5.74) is 4.02. The van der Waals surface area contributed by atoms with E-state index in [4.69, 9.17) is 9.59 Å². The highest BCUT2D eigenvalue weighted by molar-refractivity contribution is 9.10. The van der Waals surface area contributed by atoms with E-state index in [1.54, 1.807) is 29.1 Å². The Bertz CT molecular complexity index is 1210. The molecule has 1 heterocycles. The highest BCUT2D eigenvalue weighted by atomic mass is 79.9. The third kappa shape index (κ3) is 6.11. The number of hydrogen-bond acceptors (Lipinski definition) is 5. The fraction of sp³-hybridized carbons (Fsp3) is 0.0833. The molecule has 1 amide bonds. The summed E-state index contributed by atoms with van der Waals surface area (Å²) in [5.74, 6) is -0.498. The van der Waals surface area contributed by atoms with Crippen LogP contribution in [0.25, 0.3) is 16.6 Å². The van der Waals surface area contributed by atoms with Gasteiger partial charge in [-0.1, -0.05) is 28.1 Å². The van der Waals surface area contributed by atoms with Crippen LogP contribution in [0.2, 0.25) is 0 Å². The first kappa shape index (κ1) is 25.4. The smallest absolute Gasteiger partial charge is 0.252 e. The summed E-state index contributed by atoms with van der Waals surface area (Å²) in [6.45, 7) is 4.42. The molecule has 0 aliphatic rings. The van der Waals surface area contributed by atoms with E-state index in [0.717, 1.165) is 32.3 Å². The van der Waals surface area contributed by atoms with Gasteiger partial charge in [-0.15, -0.1) is 0 Å². The standard InChI is InChI=1S/C22H18BrFN4O.2CH2O/c1-25-17-6-2-14(3-7-17)12-26-22(29)19-10-15(23)11-21-20(19)13-27-28(21)18-8-4-16(24)5-9-18;2*1-2/h2-11,13,25H,12H2,1H3,(H,26,29);2*1H2. The number of halogens is 2. The maximum Gasteiger partial charge on any atom is 0.252 e. The van der Waals surface area contributed by atoms with Crippen molar-refractivity contribution in [3.63, 3.8) is 0 Å². The van der Waals surface area contributed by atoms with Crippen molar-refractivity contribution in [2.24, 2.45) is 0 Å². The predicted octanol–water partition coefficient (Wildman–Crippen LogP) is 4.53. The lowest BCUT2D eigenvalue weighted by Gasteiger charge is -2.09. The summed E-state index contributed by atoms with van der Waals surface area (Å²) in [7, 11) is 1.86. The van der Waals surface area contributed by atoms with Crippen molar-refractivity contribution in [1.29, 1.82) is 0 Å². The molecule has 0 aliphatic heterocycles. The average molecular weight is 513 g/mol. The normalized spacial score (nSPS) is 9.79. The fourth-order valence-corrected chi connectivity index (χ4v) is 3.58. The zero-order chi connectivity index (χ0) is 24.4. The van der Waals surface area contributed by atoms with Crippen LogP contribution < -0.4 is 10.6 Å². The molecule has 0 unspecified atom stereocenters.